The summed E-state index contributed by atoms with van der Waals surface area (Å²) in [5.41, 5.74) is 0. The SMILES string of the molecule is CCC(=O)/C=C/[C@H](O)[C@@H](O)/C=C/[C@@H](O)CCCCCCCC(=O)O. The first-order chi connectivity index (χ1) is 11.4. The average molecular weight is 342 g/mol. The maximum absolute atomic E-state index is 11.1. The van der Waals surface area contributed by atoms with E-state index < -0.39 is 24.3 Å². The number of ketones is 1. The van der Waals surface area contributed by atoms with Gasteiger partial charge in [-0.25, -0.2) is 0 Å². The maximum atomic E-state index is 11.1. The summed E-state index contributed by atoms with van der Waals surface area (Å²) in [5, 5.41) is 37.6. The molecule has 0 saturated heterocycles. The third kappa shape index (κ3) is 13.0. The van der Waals surface area contributed by atoms with Crippen LogP contribution in [0.5, 0.6) is 0 Å². The van der Waals surface area contributed by atoms with Crippen molar-refractivity contribution in [2.45, 2.75) is 76.6 Å². The summed E-state index contributed by atoms with van der Waals surface area (Å²) < 4.78 is 0. The van der Waals surface area contributed by atoms with Crippen LogP contribution in [0, 0.1) is 0 Å². The first kappa shape index (κ1) is 22.5. The van der Waals surface area contributed by atoms with E-state index in [9.17, 15) is 24.9 Å². The van der Waals surface area contributed by atoms with Gasteiger partial charge in [0.1, 0.15) is 12.2 Å². The summed E-state index contributed by atoms with van der Waals surface area (Å²) in [7, 11) is 0. The normalized spacial score (nSPS) is 15.7. The Morgan fingerprint density at radius 2 is 1.46 bits per heavy atom. The topological polar surface area (TPSA) is 115 Å². The Kier molecular flexibility index (Phi) is 13.0. The maximum Gasteiger partial charge on any atom is 0.303 e. The third-order valence-electron chi connectivity index (χ3n) is 3.60. The number of allylic oxidation sites excluding steroid dienone is 1. The Morgan fingerprint density at radius 3 is 2.08 bits per heavy atom. The van der Waals surface area contributed by atoms with E-state index in [0.717, 1.165) is 25.7 Å². The van der Waals surface area contributed by atoms with Gasteiger partial charge in [0, 0.05) is 12.8 Å². The summed E-state index contributed by atoms with van der Waals surface area (Å²) in [6, 6.07) is 0. The Hall–Kier alpha value is -1.50. The predicted octanol–water partition coefficient (Wildman–Crippen LogP) is 1.98. The van der Waals surface area contributed by atoms with Crippen molar-refractivity contribution in [2.24, 2.45) is 0 Å². The lowest BCUT2D eigenvalue weighted by Crippen LogP contribution is -2.22. The molecule has 3 atom stereocenters. The van der Waals surface area contributed by atoms with Gasteiger partial charge >= 0.3 is 5.97 Å². The molecule has 24 heavy (non-hydrogen) atoms. The highest BCUT2D eigenvalue weighted by Gasteiger charge is 2.10. The van der Waals surface area contributed by atoms with Gasteiger partial charge in [-0.2, -0.15) is 0 Å². The Morgan fingerprint density at radius 1 is 0.875 bits per heavy atom. The fraction of sp³-hybridized carbons (Fsp3) is 0.667. The highest BCUT2D eigenvalue weighted by atomic mass is 16.4. The molecule has 138 valence electrons. The van der Waals surface area contributed by atoms with Crippen molar-refractivity contribution in [3.8, 4) is 0 Å². The number of carbonyl (C=O) groups is 2. The number of rotatable bonds is 14. The summed E-state index contributed by atoms with van der Waals surface area (Å²) in [6.45, 7) is 1.71. The van der Waals surface area contributed by atoms with Crippen LogP contribution >= 0.6 is 0 Å². The highest BCUT2D eigenvalue weighted by molar-refractivity contribution is 5.89. The number of hydrogen-bond donors (Lipinski definition) is 4. The molecule has 0 heterocycles. The van der Waals surface area contributed by atoms with Crippen LogP contribution in [0.4, 0.5) is 0 Å². The van der Waals surface area contributed by atoms with Crippen LogP contribution < -0.4 is 0 Å². The number of aliphatic hydroxyl groups is 3. The molecule has 0 saturated carbocycles. The number of carbonyl (C=O) groups excluding carboxylic acids is 1. The van der Waals surface area contributed by atoms with Crippen LogP contribution in [0.2, 0.25) is 0 Å². The van der Waals surface area contributed by atoms with Gasteiger partial charge in [-0.05, 0) is 25.0 Å². The molecule has 0 aromatic rings. The number of unbranched alkanes of at least 4 members (excludes halogenated alkanes) is 4. The monoisotopic (exact) mass is 342 g/mol. The van der Waals surface area contributed by atoms with E-state index in [1.165, 1.54) is 24.3 Å². The first-order valence-corrected chi connectivity index (χ1v) is 8.52. The van der Waals surface area contributed by atoms with Crippen molar-refractivity contribution in [1.29, 1.82) is 0 Å². The average Bonchev–Trinajstić information content (AvgIpc) is 2.55. The summed E-state index contributed by atoms with van der Waals surface area (Å²) >= 11 is 0. The minimum atomic E-state index is -1.18. The molecule has 0 unspecified atom stereocenters. The molecule has 0 aliphatic carbocycles. The quantitative estimate of drug-likeness (QED) is 0.218. The van der Waals surface area contributed by atoms with Crippen LogP contribution in [-0.4, -0.2) is 50.5 Å². The second kappa shape index (κ2) is 13.9. The lowest BCUT2D eigenvalue weighted by molar-refractivity contribution is -0.137. The molecule has 0 rings (SSSR count). The van der Waals surface area contributed by atoms with Gasteiger partial charge in [0.05, 0.1) is 6.10 Å². The van der Waals surface area contributed by atoms with Gasteiger partial charge in [0.15, 0.2) is 5.78 Å². The second-order valence-electron chi connectivity index (χ2n) is 5.81. The molecule has 0 aliphatic rings. The van der Waals surface area contributed by atoms with E-state index in [4.69, 9.17) is 5.11 Å². The van der Waals surface area contributed by atoms with Crippen molar-refractivity contribution < 1.29 is 30.0 Å². The van der Waals surface area contributed by atoms with Crippen molar-refractivity contribution >= 4 is 11.8 Å². The fourth-order valence-electron chi connectivity index (χ4n) is 2.05. The Labute approximate surface area is 143 Å². The summed E-state index contributed by atoms with van der Waals surface area (Å²) in [6.07, 6.45) is 7.46. The molecule has 0 aliphatic heterocycles. The Balaban J connectivity index is 3.86. The van der Waals surface area contributed by atoms with Crippen molar-refractivity contribution in [3.05, 3.63) is 24.3 Å². The van der Waals surface area contributed by atoms with Crippen LogP contribution in [0.1, 0.15) is 58.3 Å². The molecule has 0 aromatic heterocycles. The van der Waals surface area contributed by atoms with E-state index >= 15 is 0 Å². The molecule has 0 radical (unpaired) electrons. The summed E-state index contributed by atoms with van der Waals surface area (Å²) in [4.78, 5) is 21.4. The number of carboxylic acid groups (broad SMARTS) is 1. The minimum Gasteiger partial charge on any atom is -0.481 e. The zero-order valence-corrected chi connectivity index (χ0v) is 14.3. The molecular weight excluding hydrogens is 312 g/mol. The van der Waals surface area contributed by atoms with Crippen molar-refractivity contribution in [2.75, 3.05) is 0 Å². The van der Waals surface area contributed by atoms with E-state index in [1.807, 2.05) is 0 Å². The van der Waals surface area contributed by atoms with Gasteiger partial charge < -0.3 is 20.4 Å². The van der Waals surface area contributed by atoms with Crippen LogP contribution in [0.25, 0.3) is 0 Å². The molecule has 4 N–H and O–H groups in total. The lowest BCUT2D eigenvalue weighted by Gasteiger charge is -2.11. The van der Waals surface area contributed by atoms with Crippen LogP contribution in [0.3, 0.4) is 0 Å². The number of hydrogen-bond acceptors (Lipinski definition) is 5. The molecule has 0 amide bonds. The van der Waals surface area contributed by atoms with Gasteiger partial charge in [-0.1, -0.05) is 44.8 Å². The van der Waals surface area contributed by atoms with E-state index in [1.54, 1.807) is 6.92 Å². The number of carboxylic acids is 1. The Bertz CT molecular complexity index is 416. The zero-order chi connectivity index (χ0) is 18.4. The van der Waals surface area contributed by atoms with E-state index in [0.29, 0.717) is 19.3 Å². The van der Waals surface area contributed by atoms with Gasteiger partial charge in [0.2, 0.25) is 0 Å². The minimum absolute atomic E-state index is 0.131. The molecule has 6 heteroatoms. The smallest absolute Gasteiger partial charge is 0.303 e. The molecular formula is C18H30O6. The van der Waals surface area contributed by atoms with Crippen LogP contribution in [0.15, 0.2) is 24.3 Å². The fourth-order valence-corrected chi connectivity index (χ4v) is 2.05. The highest BCUT2D eigenvalue weighted by Crippen LogP contribution is 2.10. The van der Waals surface area contributed by atoms with E-state index in [2.05, 4.69) is 0 Å². The van der Waals surface area contributed by atoms with E-state index in [-0.39, 0.29) is 12.2 Å². The third-order valence-corrected chi connectivity index (χ3v) is 3.60. The first-order valence-electron chi connectivity index (χ1n) is 8.52. The van der Waals surface area contributed by atoms with Crippen molar-refractivity contribution in [1.82, 2.24) is 0 Å². The van der Waals surface area contributed by atoms with Gasteiger partial charge in [-0.15, -0.1) is 0 Å². The van der Waals surface area contributed by atoms with Gasteiger partial charge in [0.25, 0.3) is 0 Å². The number of aliphatic hydroxyl groups excluding tert-OH is 3. The summed E-state index contributed by atoms with van der Waals surface area (Å²) in [5.74, 6) is -0.904. The molecule has 0 fully saturated rings. The van der Waals surface area contributed by atoms with Gasteiger partial charge in [-0.3, -0.25) is 9.59 Å². The largest absolute Gasteiger partial charge is 0.481 e. The van der Waals surface area contributed by atoms with Crippen molar-refractivity contribution in [3.63, 3.8) is 0 Å². The predicted molar refractivity (Wildman–Crippen MR) is 91.6 cm³/mol. The lowest BCUT2D eigenvalue weighted by atomic mass is 10.1. The zero-order valence-electron chi connectivity index (χ0n) is 14.3. The molecule has 0 aromatic carbocycles. The van der Waals surface area contributed by atoms with Crippen LogP contribution in [-0.2, 0) is 9.59 Å². The molecule has 6 nitrogen and oxygen atoms in total. The number of aliphatic carboxylic acids is 1. The molecule has 0 bridgehead atoms. The molecule has 0 spiro atoms. The standard InChI is InChI=1S/C18H30O6/c1-2-14(19)10-12-16(21)17(22)13-11-15(20)8-6-4-3-5-7-9-18(23)24/h10-13,15-17,20-22H,2-9H2,1H3,(H,23,24)/b12-10+,13-11+/t15-,16-,17-/m0/s1. The second-order valence-corrected chi connectivity index (χ2v) is 5.81.